The van der Waals surface area contributed by atoms with E-state index in [1.807, 2.05) is 43.3 Å². The van der Waals surface area contributed by atoms with Gasteiger partial charge in [-0.2, -0.15) is 0 Å². The molecule has 2 heterocycles. The van der Waals surface area contributed by atoms with Crippen LogP contribution in [0.4, 0.5) is 0 Å². The Bertz CT molecular complexity index is 1330. The fraction of sp³-hybridized carbons (Fsp3) is 0.269. The molecule has 0 spiro atoms. The highest BCUT2D eigenvalue weighted by atomic mass is 35.5. The van der Waals surface area contributed by atoms with Gasteiger partial charge in [-0.15, -0.1) is 0 Å². The summed E-state index contributed by atoms with van der Waals surface area (Å²) in [5.74, 6) is 0.522. The molecule has 4 aromatic rings. The van der Waals surface area contributed by atoms with Crippen molar-refractivity contribution in [3.8, 4) is 5.69 Å². The number of para-hydroxylation sites is 1. The highest BCUT2D eigenvalue weighted by Crippen LogP contribution is 2.29. The number of nitrogens with zero attached hydrogens (tertiary/aromatic N) is 3. The summed E-state index contributed by atoms with van der Waals surface area (Å²) in [6, 6.07) is 17.9. The number of furan rings is 1. The summed E-state index contributed by atoms with van der Waals surface area (Å²) in [4.78, 5) is 32.0. The Balaban J connectivity index is 1.95. The molecule has 6 nitrogen and oxygen atoms in total. The van der Waals surface area contributed by atoms with E-state index in [9.17, 15) is 9.59 Å². The van der Waals surface area contributed by atoms with Crippen LogP contribution in [0.5, 0.6) is 0 Å². The number of aromatic nitrogens is 2. The van der Waals surface area contributed by atoms with Crippen molar-refractivity contribution in [2.75, 3.05) is 0 Å². The lowest BCUT2D eigenvalue weighted by Crippen LogP contribution is -2.40. The van der Waals surface area contributed by atoms with E-state index in [1.54, 1.807) is 28.8 Å². The predicted molar refractivity (Wildman–Crippen MR) is 135 cm³/mol. The van der Waals surface area contributed by atoms with Crippen LogP contribution in [0.1, 0.15) is 43.5 Å². The van der Waals surface area contributed by atoms with Gasteiger partial charge in [-0.1, -0.05) is 61.3 Å². The van der Waals surface area contributed by atoms with Crippen molar-refractivity contribution < 1.29 is 9.21 Å². The molecule has 176 valence electrons. The average molecular weight is 498 g/mol. The second-order valence-electron chi connectivity index (χ2n) is 7.92. The smallest absolute Gasteiger partial charge is 0.266 e. The number of carbonyl (C=O) groups excluding carboxylic acids is 1. The Morgan fingerprint density at radius 3 is 2.41 bits per heavy atom. The van der Waals surface area contributed by atoms with Crippen molar-refractivity contribution in [1.29, 1.82) is 0 Å². The number of hydrogen-bond donors (Lipinski definition) is 0. The first kappa shape index (κ1) is 24.0. The van der Waals surface area contributed by atoms with Crippen molar-refractivity contribution in [3.05, 3.63) is 94.4 Å². The van der Waals surface area contributed by atoms with Gasteiger partial charge >= 0.3 is 0 Å². The Kier molecular flexibility index (Phi) is 7.39. The third-order valence-corrected chi connectivity index (χ3v) is 6.21. The number of rotatable bonds is 8. The van der Waals surface area contributed by atoms with Gasteiger partial charge < -0.3 is 9.32 Å². The van der Waals surface area contributed by atoms with Crippen LogP contribution in [0.3, 0.4) is 0 Å². The van der Waals surface area contributed by atoms with Crippen LogP contribution in [0.25, 0.3) is 16.6 Å². The molecule has 0 radical (unpaired) electrons. The minimum atomic E-state index is -1.27. The molecule has 0 saturated heterocycles. The lowest BCUT2D eigenvalue weighted by molar-refractivity contribution is -0.133. The molecule has 0 aliphatic heterocycles. The number of aryl methyl sites for hydroxylation is 1. The molecule has 1 amide bonds. The monoisotopic (exact) mass is 497 g/mol. The Morgan fingerprint density at radius 1 is 1.06 bits per heavy atom. The summed E-state index contributed by atoms with van der Waals surface area (Å²) < 4.78 is 7.07. The highest BCUT2D eigenvalue weighted by molar-refractivity contribution is 6.53. The molecule has 0 aliphatic carbocycles. The number of alkyl halides is 2. The van der Waals surface area contributed by atoms with Crippen LogP contribution in [-0.4, -0.2) is 25.2 Å². The molecule has 0 fully saturated rings. The third kappa shape index (κ3) is 4.74. The van der Waals surface area contributed by atoms with E-state index in [2.05, 4.69) is 6.92 Å². The molecule has 34 heavy (non-hydrogen) atoms. The molecule has 2 aromatic carbocycles. The van der Waals surface area contributed by atoms with Gasteiger partial charge in [0.2, 0.25) is 0 Å². The maximum absolute atomic E-state index is 13.7. The number of fused-ring (bicyclic) bond motifs is 1. The second kappa shape index (κ2) is 10.5. The van der Waals surface area contributed by atoms with Gasteiger partial charge in [0.15, 0.2) is 4.84 Å². The average Bonchev–Trinajstić information content (AvgIpc) is 3.37. The molecule has 1 atom stereocenters. The normalized spacial score (nSPS) is 12.3. The molecule has 0 aliphatic rings. The summed E-state index contributed by atoms with van der Waals surface area (Å²) in [7, 11) is 0. The van der Waals surface area contributed by atoms with Crippen molar-refractivity contribution >= 4 is 40.0 Å². The highest BCUT2D eigenvalue weighted by Gasteiger charge is 2.32. The molecular weight excluding hydrogens is 473 g/mol. The predicted octanol–water partition coefficient (Wildman–Crippen LogP) is 5.82. The SMILES string of the molecule is CCc1ccc(-n2c(C(CC)N(Cc3ccco3)C(=O)C(Cl)Cl)nc3ccccc3c2=O)cc1. The number of amides is 1. The van der Waals surface area contributed by atoms with Crippen molar-refractivity contribution in [2.24, 2.45) is 0 Å². The molecule has 4 rings (SSSR count). The zero-order chi connectivity index (χ0) is 24.2. The summed E-state index contributed by atoms with van der Waals surface area (Å²) in [6.45, 7) is 4.14. The van der Waals surface area contributed by atoms with Gasteiger partial charge in [0.05, 0.1) is 35.4 Å². The number of halogens is 2. The van der Waals surface area contributed by atoms with Gasteiger partial charge in [-0.3, -0.25) is 14.2 Å². The zero-order valence-corrected chi connectivity index (χ0v) is 20.5. The first-order chi connectivity index (χ1) is 16.4. The van der Waals surface area contributed by atoms with Crippen LogP contribution >= 0.6 is 23.2 Å². The summed E-state index contributed by atoms with van der Waals surface area (Å²) in [5, 5.41) is 0.497. The van der Waals surface area contributed by atoms with Crippen molar-refractivity contribution in [1.82, 2.24) is 14.5 Å². The van der Waals surface area contributed by atoms with Crippen LogP contribution in [0.2, 0.25) is 0 Å². The van der Waals surface area contributed by atoms with Gasteiger partial charge in [0, 0.05) is 0 Å². The molecule has 0 N–H and O–H groups in total. The van der Waals surface area contributed by atoms with E-state index in [-0.39, 0.29) is 12.1 Å². The van der Waals surface area contributed by atoms with Crippen molar-refractivity contribution in [3.63, 3.8) is 0 Å². The minimum absolute atomic E-state index is 0.137. The van der Waals surface area contributed by atoms with E-state index >= 15 is 0 Å². The second-order valence-corrected chi connectivity index (χ2v) is 9.01. The fourth-order valence-electron chi connectivity index (χ4n) is 4.08. The molecule has 0 bridgehead atoms. The Hall–Kier alpha value is -3.09. The maximum Gasteiger partial charge on any atom is 0.266 e. The number of benzene rings is 2. The third-order valence-electron chi connectivity index (χ3n) is 5.84. The quantitative estimate of drug-likeness (QED) is 0.287. The maximum atomic E-state index is 13.7. The first-order valence-corrected chi connectivity index (χ1v) is 12.0. The molecular formula is C26H25Cl2N3O3. The lowest BCUT2D eigenvalue weighted by atomic mass is 10.1. The minimum Gasteiger partial charge on any atom is -0.467 e. The van der Waals surface area contributed by atoms with E-state index in [1.165, 1.54) is 11.2 Å². The van der Waals surface area contributed by atoms with Crippen LogP contribution in [-0.2, 0) is 17.8 Å². The molecule has 0 saturated carbocycles. The van der Waals surface area contributed by atoms with Crippen molar-refractivity contribution in [2.45, 2.75) is 44.1 Å². The summed E-state index contributed by atoms with van der Waals surface area (Å²) >= 11 is 12.0. The van der Waals surface area contributed by atoms with Gasteiger partial charge in [-0.25, -0.2) is 4.98 Å². The van der Waals surface area contributed by atoms with E-state index in [0.29, 0.717) is 34.6 Å². The van der Waals surface area contributed by atoms with Gasteiger partial charge in [0.25, 0.3) is 11.5 Å². The molecule has 2 aromatic heterocycles. The zero-order valence-electron chi connectivity index (χ0n) is 18.9. The lowest BCUT2D eigenvalue weighted by Gasteiger charge is -2.32. The van der Waals surface area contributed by atoms with Crippen LogP contribution in [0.15, 0.2) is 76.1 Å². The van der Waals surface area contributed by atoms with Crippen LogP contribution < -0.4 is 5.56 Å². The molecule has 8 heteroatoms. The Morgan fingerprint density at radius 2 is 1.79 bits per heavy atom. The molecule has 1 unspecified atom stereocenters. The number of carbonyl (C=O) groups is 1. The van der Waals surface area contributed by atoms with E-state index in [4.69, 9.17) is 32.6 Å². The number of hydrogen-bond acceptors (Lipinski definition) is 4. The standard InChI is InChI=1S/C26H25Cl2N3O3/c1-3-17-11-13-18(14-12-17)31-24(29-21-10-6-5-9-20(21)25(31)32)22(4-2)30(26(33)23(27)28)16-19-8-7-15-34-19/h5-15,22-23H,3-4,16H2,1-2H3. The Labute approximate surface area is 207 Å². The fourth-order valence-corrected chi connectivity index (χ4v) is 4.33. The topological polar surface area (TPSA) is 68.3 Å². The van der Waals surface area contributed by atoms with Crippen LogP contribution in [0, 0.1) is 0 Å². The van der Waals surface area contributed by atoms with Gasteiger partial charge in [-0.05, 0) is 54.8 Å². The van der Waals surface area contributed by atoms with Gasteiger partial charge in [0.1, 0.15) is 11.6 Å². The first-order valence-electron chi connectivity index (χ1n) is 11.2. The van der Waals surface area contributed by atoms with E-state index in [0.717, 1.165) is 12.0 Å². The summed E-state index contributed by atoms with van der Waals surface area (Å²) in [6.07, 6.45) is 2.90. The van der Waals surface area contributed by atoms with E-state index < -0.39 is 16.8 Å². The largest absolute Gasteiger partial charge is 0.467 e. The summed E-state index contributed by atoms with van der Waals surface area (Å²) in [5.41, 5.74) is 2.18.